The van der Waals surface area contributed by atoms with Gasteiger partial charge in [0.15, 0.2) is 17.6 Å². The Hall–Kier alpha value is -1.79. The average molecular weight is 390 g/mol. The van der Waals surface area contributed by atoms with Crippen molar-refractivity contribution in [3.8, 4) is 5.75 Å². The Morgan fingerprint density at radius 1 is 1.25 bits per heavy atom. The molecule has 2 fully saturated rings. The van der Waals surface area contributed by atoms with Crippen LogP contribution in [0.1, 0.15) is 63.5 Å². The standard InChI is InChI=1S/C19H24N2O3.C2H6.CH5N/c1-10-3-7-14(21-23)18-16(10)17-13(6-8-15(22)19(17)24-18)11(2)20-9-12-4-5-12;2*1-2/h3,7,11-13,17,19-20H,4-6,8-9H2,1-2H3;1-2H3;2H2,1H3. The van der Waals surface area contributed by atoms with Crippen molar-refractivity contribution in [2.75, 3.05) is 13.6 Å². The largest absolute Gasteiger partial charge is 0.479 e. The Balaban J connectivity index is 0.000000660. The molecule has 1 heterocycles. The number of benzene rings is 1. The molecule has 4 unspecified atom stereocenters. The number of nitrogens with one attached hydrogen (secondary N) is 1. The van der Waals surface area contributed by atoms with E-state index in [4.69, 9.17) is 4.74 Å². The van der Waals surface area contributed by atoms with Crippen LogP contribution in [-0.4, -0.2) is 31.5 Å². The first kappa shape index (κ1) is 22.5. The second kappa shape index (κ2) is 10.1. The fraction of sp³-hybridized carbons (Fsp3) is 0.682. The van der Waals surface area contributed by atoms with E-state index >= 15 is 0 Å². The third kappa shape index (κ3) is 4.44. The van der Waals surface area contributed by atoms with Crippen molar-refractivity contribution in [1.29, 1.82) is 0 Å². The molecule has 156 valence electrons. The zero-order chi connectivity index (χ0) is 20.8. The molecule has 0 amide bonds. The van der Waals surface area contributed by atoms with Gasteiger partial charge < -0.3 is 15.8 Å². The lowest BCUT2D eigenvalue weighted by atomic mass is 9.70. The first-order chi connectivity index (χ1) is 13.6. The zero-order valence-electron chi connectivity index (χ0n) is 17.8. The van der Waals surface area contributed by atoms with Crippen LogP contribution in [0.25, 0.3) is 0 Å². The number of nitrogens with two attached hydrogens (primary N) is 1. The average Bonchev–Trinajstić information content (AvgIpc) is 3.47. The summed E-state index contributed by atoms with van der Waals surface area (Å²) in [5.74, 6) is 1.89. The van der Waals surface area contributed by atoms with Crippen molar-refractivity contribution in [3.05, 3.63) is 28.2 Å². The highest BCUT2D eigenvalue weighted by atomic mass is 16.5. The molecule has 0 radical (unpaired) electrons. The minimum absolute atomic E-state index is 0.0321. The Morgan fingerprint density at radius 3 is 2.54 bits per heavy atom. The molecule has 3 aliphatic rings. The molecule has 6 nitrogen and oxygen atoms in total. The molecule has 2 saturated carbocycles. The second-order valence-electron chi connectivity index (χ2n) is 7.61. The quantitative estimate of drug-likeness (QED) is 0.736. The number of ether oxygens (including phenoxy) is 1. The molecule has 1 aliphatic heterocycles. The number of carbonyl (C=O) groups excluding carboxylic acids is 1. The van der Waals surface area contributed by atoms with Crippen molar-refractivity contribution in [2.45, 2.75) is 71.4 Å². The number of rotatable bonds is 5. The van der Waals surface area contributed by atoms with Gasteiger partial charge in [-0.1, -0.05) is 19.9 Å². The zero-order valence-corrected chi connectivity index (χ0v) is 17.8. The lowest BCUT2D eigenvalue weighted by Gasteiger charge is -2.36. The van der Waals surface area contributed by atoms with Crippen molar-refractivity contribution >= 4 is 11.5 Å². The third-order valence-corrected chi connectivity index (χ3v) is 5.97. The summed E-state index contributed by atoms with van der Waals surface area (Å²) >= 11 is 0. The highest BCUT2D eigenvalue weighted by Crippen LogP contribution is 2.53. The summed E-state index contributed by atoms with van der Waals surface area (Å²) in [6, 6.07) is 3.93. The monoisotopic (exact) mass is 389 g/mol. The number of aryl methyl sites for hydroxylation is 1. The topological polar surface area (TPSA) is 93.8 Å². The van der Waals surface area contributed by atoms with Gasteiger partial charge in [0.2, 0.25) is 0 Å². The molecule has 28 heavy (non-hydrogen) atoms. The molecule has 4 rings (SSSR count). The normalized spacial score (nSPS) is 25.8. The Labute approximate surface area is 168 Å². The summed E-state index contributed by atoms with van der Waals surface area (Å²) in [6.45, 7) is 9.30. The molecular weight excluding hydrogens is 354 g/mol. The van der Waals surface area contributed by atoms with Crippen LogP contribution in [0.3, 0.4) is 0 Å². The van der Waals surface area contributed by atoms with Crippen molar-refractivity contribution < 1.29 is 9.53 Å². The maximum atomic E-state index is 12.4. The van der Waals surface area contributed by atoms with Gasteiger partial charge in [0.05, 0.1) is 0 Å². The third-order valence-electron chi connectivity index (χ3n) is 5.97. The summed E-state index contributed by atoms with van der Waals surface area (Å²) in [5.41, 5.74) is 6.92. The lowest BCUT2D eigenvalue weighted by Crippen LogP contribution is -2.46. The van der Waals surface area contributed by atoms with Crippen LogP contribution in [-0.2, 0) is 4.79 Å². The van der Waals surface area contributed by atoms with Crippen LogP contribution >= 0.6 is 0 Å². The van der Waals surface area contributed by atoms with Gasteiger partial charge in [-0.2, -0.15) is 0 Å². The summed E-state index contributed by atoms with van der Waals surface area (Å²) in [7, 11) is 1.50. The number of Topliss-reactive ketones (excluding diaryl/α,β-unsaturated/α-hetero) is 1. The van der Waals surface area contributed by atoms with Gasteiger partial charge in [-0.05, 0) is 75.3 Å². The molecule has 3 N–H and O–H groups in total. The minimum Gasteiger partial charge on any atom is -0.479 e. The molecule has 0 bridgehead atoms. The van der Waals surface area contributed by atoms with E-state index in [1.165, 1.54) is 19.9 Å². The summed E-state index contributed by atoms with van der Waals surface area (Å²) < 4.78 is 5.97. The number of carbonyl (C=O) groups is 1. The second-order valence-corrected chi connectivity index (χ2v) is 7.61. The van der Waals surface area contributed by atoms with E-state index in [9.17, 15) is 9.70 Å². The SMILES string of the molecule is CC.CN.Cc1ccc(N=O)c2c1C1C(O2)C(=O)CCC1C(C)NCC1CC1. The molecule has 0 saturated heterocycles. The molecular formula is C22H35N3O3. The number of fused-ring (bicyclic) bond motifs is 3. The maximum Gasteiger partial charge on any atom is 0.173 e. The van der Waals surface area contributed by atoms with Gasteiger partial charge >= 0.3 is 0 Å². The van der Waals surface area contributed by atoms with Gasteiger partial charge in [-0.3, -0.25) is 4.79 Å². The molecule has 2 aliphatic carbocycles. The van der Waals surface area contributed by atoms with Crippen LogP contribution in [0.5, 0.6) is 5.75 Å². The minimum atomic E-state index is -0.453. The summed E-state index contributed by atoms with van der Waals surface area (Å²) in [5, 5.41) is 6.77. The molecule has 1 aromatic carbocycles. The van der Waals surface area contributed by atoms with E-state index in [1.54, 1.807) is 6.07 Å². The van der Waals surface area contributed by atoms with Gasteiger partial charge in [-0.25, -0.2) is 0 Å². The molecule has 1 aromatic rings. The van der Waals surface area contributed by atoms with E-state index in [-0.39, 0.29) is 11.7 Å². The predicted molar refractivity (Wildman–Crippen MR) is 113 cm³/mol. The number of nitrogens with zero attached hydrogens (tertiary/aromatic N) is 1. The smallest absolute Gasteiger partial charge is 0.173 e. The molecule has 4 atom stereocenters. The van der Waals surface area contributed by atoms with Crippen molar-refractivity contribution in [1.82, 2.24) is 5.32 Å². The maximum absolute atomic E-state index is 12.4. The van der Waals surface area contributed by atoms with Crippen LogP contribution in [0.2, 0.25) is 0 Å². The van der Waals surface area contributed by atoms with E-state index < -0.39 is 6.10 Å². The Bertz CT molecular complexity index is 688. The fourth-order valence-electron chi connectivity index (χ4n) is 4.37. The number of nitroso groups, excluding NO2 is 1. The summed E-state index contributed by atoms with van der Waals surface area (Å²) in [6.07, 6.45) is 3.63. The van der Waals surface area contributed by atoms with Gasteiger partial charge in [0, 0.05) is 23.9 Å². The van der Waals surface area contributed by atoms with E-state index in [0.29, 0.717) is 29.8 Å². The van der Waals surface area contributed by atoms with Gasteiger partial charge in [-0.15, -0.1) is 4.91 Å². The van der Waals surface area contributed by atoms with Crippen molar-refractivity contribution in [3.63, 3.8) is 0 Å². The van der Waals surface area contributed by atoms with Crippen molar-refractivity contribution in [2.24, 2.45) is 22.7 Å². The van der Waals surface area contributed by atoms with E-state index in [1.807, 2.05) is 26.8 Å². The first-order valence-electron chi connectivity index (χ1n) is 10.6. The number of ketones is 1. The first-order valence-corrected chi connectivity index (χ1v) is 10.6. The molecule has 0 spiro atoms. The number of hydrogen-bond donors (Lipinski definition) is 2. The Kier molecular flexibility index (Phi) is 8.13. The highest BCUT2D eigenvalue weighted by Gasteiger charge is 2.49. The van der Waals surface area contributed by atoms with Crippen LogP contribution in [0, 0.1) is 23.7 Å². The number of hydrogen-bond acceptors (Lipinski definition) is 6. The summed E-state index contributed by atoms with van der Waals surface area (Å²) in [4.78, 5) is 23.6. The van der Waals surface area contributed by atoms with E-state index in [0.717, 1.165) is 30.0 Å². The highest BCUT2D eigenvalue weighted by molar-refractivity contribution is 5.87. The molecule has 0 aromatic heterocycles. The van der Waals surface area contributed by atoms with Gasteiger partial charge in [0.25, 0.3) is 0 Å². The van der Waals surface area contributed by atoms with Crippen LogP contribution < -0.4 is 15.8 Å². The van der Waals surface area contributed by atoms with Gasteiger partial charge in [0.1, 0.15) is 5.69 Å². The molecule has 6 heteroatoms. The Morgan fingerprint density at radius 2 is 1.93 bits per heavy atom. The predicted octanol–water partition coefficient (Wildman–Crippen LogP) is 4.21. The van der Waals surface area contributed by atoms with Crippen LogP contribution in [0.4, 0.5) is 5.69 Å². The van der Waals surface area contributed by atoms with Crippen LogP contribution in [0.15, 0.2) is 17.3 Å². The van der Waals surface area contributed by atoms with E-state index in [2.05, 4.69) is 23.2 Å². The fourth-order valence-corrected chi connectivity index (χ4v) is 4.37. The lowest BCUT2D eigenvalue weighted by molar-refractivity contribution is -0.129.